The van der Waals surface area contributed by atoms with Crippen LogP contribution in [0.2, 0.25) is 0 Å². The van der Waals surface area contributed by atoms with Crippen LogP contribution in [-0.2, 0) is 6.54 Å². The van der Waals surface area contributed by atoms with Crippen molar-refractivity contribution in [3.05, 3.63) is 35.9 Å². The second-order valence-electron chi connectivity index (χ2n) is 5.56. The van der Waals surface area contributed by atoms with Gasteiger partial charge in [0, 0.05) is 30.1 Å². The lowest BCUT2D eigenvalue weighted by molar-refractivity contribution is 0.154. The normalized spacial score (nSPS) is 12.8. The highest BCUT2D eigenvalue weighted by atomic mass is 16.3. The molecule has 0 radical (unpaired) electrons. The molecule has 2 aromatic rings. The number of rotatable bonds is 7. The van der Waals surface area contributed by atoms with Gasteiger partial charge in [-0.05, 0) is 32.5 Å². The average Bonchev–Trinajstić information content (AvgIpc) is 2.51. The molecule has 0 aliphatic rings. The molecule has 0 saturated heterocycles. The molecule has 114 valence electrons. The zero-order chi connectivity index (χ0) is 15.2. The molecule has 0 spiro atoms. The van der Waals surface area contributed by atoms with E-state index >= 15 is 0 Å². The van der Waals surface area contributed by atoms with Crippen molar-refractivity contribution in [2.75, 3.05) is 25.5 Å². The van der Waals surface area contributed by atoms with Gasteiger partial charge < -0.3 is 10.4 Å². The van der Waals surface area contributed by atoms with Crippen molar-refractivity contribution >= 4 is 16.7 Å². The molecule has 1 unspecified atom stereocenters. The summed E-state index contributed by atoms with van der Waals surface area (Å²) in [6.07, 6.45) is 1.07. The number of hydrogen-bond donors (Lipinski definition) is 2. The number of anilines is 1. The van der Waals surface area contributed by atoms with Crippen LogP contribution in [0.15, 0.2) is 30.3 Å². The number of fused-ring (bicyclic) bond motifs is 1. The van der Waals surface area contributed by atoms with E-state index in [0.29, 0.717) is 0 Å². The van der Waals surface area contributed by atoms with Gasteiger partial charge in [0.15, 0.2) is 0 Å². The Bertz CT molecular complexity index is 585. The highest BCUT2D eigenvalue weighted by Crippen LogP contribution is 2.22. The van der Waals surface area contributed by atoms with Crippen molar-refractivity contribution in [3.8, 4) is 0 Å². The maximum absolute atomic E-state index is 9.29. The zero-order valence-corrected chi connectivity index (χ0v) is 13.1. The van der Waals surface area contributed by atoms with Crippen LogP contribution in [0.25, 0.3) is 10.9 Å². The number of aromatic nitrogens is 1. The zero-order valence-electron chi connectivity index (χ0n) is 13.1. The summed E-state index contributed by atoms with van der Waals surface area (Å²) in [4.78, 5) is 6.89. The Kier molecular flexibility index (Phi) is 5.53. The lowest BCUT2D eigenvalue weighted by Gasteiger charge is -2.24. The summed E-state index contributed by atoms with van der Waals surface area (Å²) in [5.41, 5.74) is 2.18. The van der Waals surface area contributed by atoms with Gasteiger partial charge in [-0.15, -0.1) is 0 Å². The maximum atomic E-state index is 9.29. The Balaban J connectivity index is 2.33. The molecule has 4 nitrogen and oxygen atoms in total. The number of para-hydroxylation sites is 1. The van der Waals surface area contributed by atoms with Crippen molar-refractivity contribution < 1.29 is 5.11 Å². The smallest absolute Gasteiger partial charge is 0.131 e. The topological polar surface area (TPSA) is 48.4 Å². The lowest BCUT2D eigenvalue weighted by atomic mass is 10.1. The molecular weight excluding hydrogens is 262 g/mol. The molecule has 1 heterocycles. The summed E-state index contributed by atoms with van der Waals surface area (Å²) in [6.45, 7) is 6.01. The molecule has 2 rings (SSSR count). The molecule has 0 saturated carbocycles. The van der Waals surface area contributed by atoms with Gasteiger partial charge in [0.25, 0.3) is 0 Å². The SMILES string of the molecule is CCCNc1nc2ccccc2cc1CN(C)C(C)CO. The molecule has 1 aromatic heterocycles. The fourth-order valence-electron chi connectivity index (χ4n) is 2.24. The molecule has 21 heavy (non-hydrogen) atoms. The van der Waals surface area contributed by atoms with Crippen molar-refractivity contribution in [1.29, 1.82) is 0 Å². The van der Waals surface area contributed by atoms with Crippen LogP contribution < -0.4 is 5.32 Å². The number of nitrogens with one attached hydrogen (secondary N) is 1. The van der Waals surface area contributed by atoms with E-state index in [2.05, 4.69) is 29.3 Å². The first kappa shape index (κ1) is 15.7. The van der Waals surface area contributed by atoms with Crippen LogP contribution in [-0.4, -0.2) is 41.2 Å². The van der Waals surface area contributed by atoms with E-state index in [0.717, 1.165) is 36.2 Å². The number of aliphatic hydroxyl groups excluding tert-OH is 1. The second-order valence-corrected chi connectivity index (χ2v) is 5.56. The van der Waals surface area contributed by atoms with Crippen molar-refractivity contribution in [2.24, 2.45) is 0 Å². The second kappa shape index (κ2) is 7.38. The van der Waals surface area contributed by atoms with Crippen LogP contribution in [0.4, 0.5) is 5.82 Å². The Morgan fingerprint density at radius 1 is 1.33 bits per heavy atom. The summed E-state index contributed by atoms with van der Waals surface area (Å²) in [5.74, 6) is 0.951. The van der Waals surface area contributed by atoms with E-state index in [1.807, 2.05) is 32.2 Å². The molecule has 1 aromatic carbocycles. The Labute approximate surface area is 126 Å². The largest absolute Gasteiger partial charge is 0.395 e. The van der Waals surface area contributed by atoms with Crippen LogP contribution in [0.1, 0.15) is 25.8 Å². The first-order valence-corrected chi connectivity index (χ1v) is 7.59. The van der Waals surface area contributed by atoms with E-state index in [1.165, 1.54) is 5.56 Å². The number of hydrogen-bond acceptors (Lipinski definition) is 4. The van der Waals surface area contributed by atoms with Crippen molar-refractivity contribution in [3.63, 3.8) is 0 Å². The van der Waals surface area contributed by atoms with Gasteiger partial charge in [0.05, 0.1) is 12.1 Å². The van der Waals surface area contributed by atoms with E-state index in [-0.39, 0.29) is 12.6 Å². The number of aliphatic hydroxyl groups is 1. The first-order valence-electron chi connectivity index (χ1n) is 7.59. The molecule has 0 aliphatic carbocycles. The van der Waals surface area contributed by atoms with Crippen molar-refractivity contribution in [2.45, 2.75) is 32.9 Å². The van der Waals surface area contributed by atoms with Gasteiger partial charge in [0.1, 0.15) is 5.82 Å². The van der Waals surface area contributed by atoms with Gasteiger partial charge in [0.2, 0.25) is 0 Å². The Morgan fingerprint density at radius 2 is 2.10 bits per heavy atom. The fourth-order valence-corrected chi connectivity index (χ4v) is 2.24. The molecular formula is C17H25N3O. The molecule has 4 heteroatoms. The monoisotopic (exact) mass is 287 g/mol. The van der Waals surface area contributed by atoms with E-state index in [4.69, 9.17) is 4.98 Å². The summed E-state index contributed by atoms with van der Waals surface area (Å²) in [5, 5.41) is 13.9. The number of nitrogens with zero attached hydrogens (tertiary/aromatic N) is 2. The number of pyridine rings is 1. The molecule has 1 atom stereocenters. The van der Waals surface area contributed by atoms with Crippen LogP contribution >= 0.6 is 0 Å². The highest BCUT2D eigenvalue weighted by Gasteiger charge is 2.12. The maximum Gasteiger partial charge on any atom is 0.131 e. The molecule has 0 aliphatic heterocycles. The minimum Gasteiger partial charge on any atom is -0.395 e. The van der Waals surface area contributed by atoms with Crippen LogP contribution in [0, 0.1) is 0 Å². The molecule has 0 fully saturated rings. The minimum absolute atomic E-state index is 0.135. The molecule has 2 N–H and O–H groups in total. The summed E-state index contributed by atoms with van der Waals surface area (Å²) in [6, 6.07) is 10.5. The fraction of sp³-hybridized carbons (Fsp3) is 0.471. The molecule has 0 bridgehead atoms. The third-order valence-electron chi connectivity index (χ3n) is 3.78. The Morgan fingerprint density at radius 3 is 2.81 bits per heavy atom. The highest BCUT2D eigenvalue weighted by molar-refractivity contribution is 5.81. The predicted octanol–water partition coefficient (Wildman–Crippen LogP) is 2.87. The third kappa shape index (κ3) is 3.93. The van der Waals surface area contributed by atoms with E-state index in [1.54, 1.807) is 0 Å². The van der Waals surface area contributed by atoms with Gasteiger partial charge in [-0.1, -0.05) is 25.1 Å². The summed E-state index contributed by atoms with van der Waals surface area (Å²) in [7, 11) is 2.03. The lowest BCUT2D eigenvalue weighted by Crippen LogP contribution is -2.31. The van der Waals surface area contributed by atoms with Gasteiger partial charge in [-0.25, -0.2) is 4.98 Å². The number of benzene rings is 1. The van der Waals surface area contributed by atoms with Gasteiger partial charge >= 0.3 is 0 Å². The van der Waals surface area contributed by atoms with Crippen LogP contribution in [0.3, 0.4) is 0 Å². The van der Waals surface area contributed by atoms with Gasteiger partial charge in [-0.3, -0.25) is 4.90 Å². The average molecular weight is 287 g/mol. The summed E-state index contributed by atoms with van der Waals surface area (Å²) < 4.78 is 0. The Hall–Kier alpha value is -1.65. The minimum atomic E-state index is 0.135. The number of likely N-dealkylation sites (N-methyl/N-ethyl adjacent to an activating group) is 1. The summed E-state index contributed by atoms with van der Waals surface area (Å²) >= 11 is 0. The van der Waals surface area contributed by atoms with Crippen LogP contribution in [0.5, 0.6) is 0 Å². The van der Waals surface area contributed by atoms with E-state index < -0.39 is 0 Å². The predicted molar refractivity (Wildman–Crippen MR) is 88.5 cm³/mol. The van der Waals surface area contributed by atoms with Crippen molar-refractivity contribution in [1.82, 2.24) is 9.88 Å². The van der Waals surface area contributed by atoms with E-state index in [9.17, 15) is 5.11 Å². The quantitative estimate of drug-likeness (QED) is 0.822. The third-order valence-corrected chi connectivity index (χ3v) is 3.78. The molecule has 0 amide bonds. The standard InChI is InChI=1S/C17H25N3O/c1-4-9-18-17-15(11-20(3)13(2)12-21)10-14-7-5-6-8-16(14)19-17/h5-8,10,13,21H,4,9,11-12H2,1-3H3,(H,18,19). The van der Waals surface area contributed by atoms with Gasteiger partial charge in [-0.2, -0.15) is 0 Å². The first-order chi connectivity index (χ1) is 10.2.